The zero-order valence-corrected chi connectivity index (χ0v) is 6.13. The second-order valence-electron chi connectivity index (χ2n) is 1.27. The number of rotatable bonds is 3. The van der Waals surface area contributed by atoms with Crippen LogP contribution in [0.1, 0.15) is 0 Å². The van der Waals surface area contributed by atoms with E-state index in [1.165, 1.54) is 0 Å². The molecule has 0 heterocycles. The maximum atomic E-state index is 9.95. The quantitative estimate of drug-likeness (QED) is 0.511. The van der Waals surface area contributed by atoms with Crippen molar-refractivity contribution in [2.75, 3.05) is 6.61 Å². The lowest BCUT2D eigenvalue weighted by molar-refractivity contribution is 0.300. The predicted octanol–water partition coefficient (Wildman–Crippen LogP) is -0.226. The molecule has 0 amide bonds. The molecule has 0 aliphatic carbocycles. The number of hydrogen-bond acceptors (Lipinski definition) is 5. The largest absolute Gasteiger partial charge is 0.395 e. The summed E-state index contributed by atoms with van der Waals surface area (Å²) in [6.45, 7) is -0.739. The van der Waals surface area contributed by atoms with Crippen LogP contribution in [0, 0.1) is 0 Å². The third-order valence-electron chi connectivity index (χ3n) is 0.673. The van der Waals surface area contributed by atoms with Gasteiger partial charge in [-0.25, -0.2) is 9.13 Å². The topological polar surface area (TPSA) is 94.8 Å². The third-order valence-corrected chi connectivity index (χ3v) is 3.21. The molecule has 0 aliphatic rings. The highest BCUT2D eigenvalue weighted by atomic mass is 31.2. The lowest BCUT2D eigenvalue weighted by Gasteiger charge is -2.03. The van der Waals surface area contributed by atoms with E-state index in [2.05, 4.69) is 0 Å². The molecule has 0 aromatic rings. The summed E-state index contributed by atoms with van der Waals surface area (Å²) < 4.78 is 19.9. The number of aliphatic hydroxyl groups excluding tert-OH is 1. The Morgan fingerprint density at radius 2 is 1.78 bits per heavy atom. The molecule has 0 radical (unpaired) electrons. The molecule has 0 fully saturated rings. The zero-order chi connectivity index (χ0) is 7.44. The number of aliphatic hydroxyl groups is 1. The van der Waals surface area contributed by atoms with Gasteiger partial charge in [-0.1, -0.05) is 0 Å². The molecule has 1 atom stereocenters. The lowest BCUT2D eigenvalue weighted by atomic mass is 10.9. The van der Waals surface area contributed by atoms with Gasteiger partial charge in [-0.15, -0.1) is 0 Å². The maximum Gasteiger partial charge on any atom is 0.330 e. The standard InChI is InChI=1S/C2H6O5P2/c3-1-2(8(4)5)9(6)7/h2-5H,1H2. The summed E-state index contributed by atoms with van der Waals surface area (Å²) in [5, 5.41) is 6.79. The molecule has 7 heteroatoms. The fourth-order valence-corrected chi connectivity index (χ4v) is 1.18. The Kier molecular flexibility index (Phi) is 4.19. The average Bonchev–Trinajstić information content (AvgIpc) is 1.64. The molecule has 5 nitrogen and oxygen atoms in total. The van der Waals surface area contributed by atoms with Gasteiger partial charge in [0.1, 0.15) is 0 Å². The van der Waals surface area contributed by atoms with Crippen molar-refractivity contribution in [3.8, 4) is 0 Å². The van der Waals surface area contributed by atoms with Crippen LogP contribution in [-0.2, 0) is 9.13 Å². The van der Waals surface area contributed by atoms with Gasteiger partial charge >= 0.3 is 7.68 Å². The van der Waals surface area contributed by atoms with E-state index in [1.54, 1.807) is 0 Å². The lowest BCUT2D eigenvalue weighted by Crippen LogP contribution is -2.02. The van der Waals surface area contributed by atoms with Crippen LogP contribution >= 0.6 is 16.1 Å². The van der Waals surface area contributed by atoms with E-state index in [9.17, 15) is 9.13 Å². The van der Waals surface area contributed by atoms with Crippen LogP contribution in [0.3, 0.4) is 0 Å². The second-order valence-corrected chi connectivity index (χ2v) is 4.13. The highest BCUT2D eigenvalue weighted by Gasteiger charge is 2.22. The Morgan fingerprint density at radius 1 is 1.33 bits per heavy atom. The summed E-state index contributed by atoms with van der Waals surface area (Å²) in [6.07, 6.45) is 0. The van der Waals surface area contributed by atoms with E-state index in [1.807, 2.05) is 0 Å². The van der Waals surface area contributed by atoms with Gasteiger partial charge in [0, 0.05) is 0 Å². The summed E-state index contributed by atoms with van der Waals surface area (Å²) in [6, 6.07) is 0. The van der Waals surface area contributed by atoms with Crippen molar-refractivity contribution in [3.05, 3.63) is 0 Å². The first-order valence-corrected chi connectivity index (χ1v) is 4.57. The van der Waals surface area contributed by atoms with Gasteiger partial charge in [0.25, 0.3) is 0 Å². The third kappa shape index (κ3) is 3.04. The van der Waals surface area contributed by atoms with Gasteiger partial charge in [-0.2, -0.15) is 0 Å². The van der Waals surface area contributed by atoms with Gasteiger partial charge in [0.2, 0.25) is 0 Å². The van der Waals surface area contributed by atoms with Crippen molar-refractivity contribution >= 4 is 16.1 Å². The van der Waals surface area contributed by atoms with Crippen molar-refractivity contribution in [1.29, 1.82) is 0 Å². The Labute approximate surface area is 53.1 Å². The highest BCUT2D eigenvalue weighted by Crippen LogP contribution is 2.40. The van der Waals surface area contributed by atoms with E-state index >= 15 is 0 Å². The van der Waals surface area contributed by atoms with Crippen LogP contribution in [0.15, 0.2) is 0 Å². The molecule has 0 aliphatic heterocycles. The first-order valence-electron chi connectivity index (χ1n) is 2.01. The van der Waals surface area contributed by atoms with Gasteiger partial charge in [-0.05, 0) is 0 Å². The summed E-state index contributed by atoms with van der Waals surface area (Å²) in [4.78, 5) is 16.5. The Hall–Kier alpha value is 0.210. The van der Waals surface area contributed by atoms with Gasteiger partial charge in [0.05, 0.1) is 6.61 Å². The molecule has 9 heavy (non-hydrogen) atoms. The van der Waals surface area contributed by atoms with E-state index in [0.29, 0.717) is 0 Å². The van der Waals surface area contributed by atoms with E-state index in [4.69, 9.17) is 14.9 Å². The van der Waals surface area contributed by atoms with Crippen LogP contribution in [0.2, 0.25) is 0 Å². The molecule has 3 N–H and O–H groups in total. The van der Waals surface area contributed by atoms with Crippen molar-refractivity contribution < 1.29 is 24.0 Å². The molecule has 0 saturated heterocycles. The summed E-state index contributed by atoms with van der Waals surface area (Å²) in [5.74, 6) is 0. The minimum Gasteiger partial charge on any atom is -0.395 e. The molecule has 1 unspecified atom stereocenters. The smallest absolute Gasteiger partial charge is 0.330 e. The SMILES string of the molecule is O=P(=O)C(CO)P(O)O. The van der Waals surface area contributed by atoms with Crippen LogP contribution in [0.4, 0.5) is 0 Å². The Balaban J connectivity index is 3.99. The normalized spacial score (nSPS) is 13.8. The van der Waals surface area contributed by atoms with E-state index < -0.39 is 28.1 Å². The second kappa shape index (κ2) is 4.09. The molecular formula is C2H6O5P2. The monoisotopic (exact) mass is 172 g/mol. The highest BCUT2D eigenvalue weighted by molar-refractivity contribution is 7.59. The first-order chi connectivity index (χ1) is 4.09. The molecule has 0 saturated carbocycles. The first kappa shape index (κ1) is 9.21. The molecule has 0 spiro atoms. The minimum atomic E-state index is -2.92. The molecule has 0 aromatic heterocycles. The van der Waals surface area contributed by atoms with Crippen LogP contribution in [-0.4, -0.2) is 26.9 Å². The molecule has 0 rings (SSSR count). The molecular weight excluding hydrogens is 166 g/mol. The van der Waals surface area contributed by atoms with Crippen LogP contribution in [0.25, 0.3) is 0 Å². The Morgan fingerprint density at radius 3 is 1.78 bits per heavy atom. The van der Waals surface area contributed by atoms with Gasteiger partial charge in [-0.3, -0.25) is 0 Å². The van der Waals surface area contributed by atoms with Crippen LogP contribution < -0.4 is 0 Å². The minimum absolute atomic E-state index is 0.739. The fourth-order valence-electron chi connectivity index (χ4n) is 0.224. The summed E-state index contributed by atoms with van der Waals surface area (Å²) >= 11 is 0. The molecule has 0 aromatic carbocycles. The Bertz CT molecular complexity index is 132. The van der Waals surface area contributed by atoms with Crippen molar-refractivity contribution in [2.24, 2.45) is 0 Å². The summed E-state index contributed by atoms with van der Waals surface area (Å²) in [5.41, 5.74) is 0. The van der Waals surface area contributed by atoms with Gasteiger partial charge in [0.15, 0.2) is 13.8 Å². The van der Waals surface area contributed by atoms with Crippen molar-refractivity contribution in [1.82, 2.24) is 0 Å². The van der Waals surface area contributed by atoms with Crippen molar-refractivity contribution in [2.45, 2.75) is 5.40 Å². The fraction of sp³-hybridized carbons (Fsp3) is 1.00. The maximum absolute atomic E-state index is 9.95. The predicted molar refractivity (Wildman–Crippen MR) is 30.5 cm³/mol. The van der Waals surface area contributed by atoms with Gasteiger partial charge < -0.3 is 14.9 Å². The van der Waals surface area contributed by atoms with E-state index in [0.717, 1.165) is 0 Å². The summed E-state index contributed by atoms with van der Waals surface area (Å²) in [7, 11) is -5.47. The molecule has 54 valence electrons. The van der Waals surface area contributed by atoms with Crippen LogP contribution in [0.5, 0.6) is 0 Å². The number of hydrogen-bond donors (Lipinski definition) is 3. The zero-order valence-electron chi connectivity index (χ0n) is 4.34. The average molecular weight is 172 g/mol. The van der Waals surface area contributed by atoms with E-state index in [-0.39, 0.29) is 0 Å². The molecule has 0 bridgehead atoms. The van der Waals surface area contributed by atoms with Crippen molar-refractivity contribution in [3.63, 3.8) is 0 Å².